The number of aromatic nitrogens is 2. The molecule has 7 nitrogen and oxygen atoms in total. The molecule has 2 aliphatic heterocycles. The van der Waals surface area contributed by atoms with E-state index in [1.54, 1.807) is 29.3 Å². The van der Waals surface area contributed by atoms with Crippen LogP contribution in [0.15, 0.2) is 35.3 Å². The summed E-state index contributed by atoms with van der Waals surface area (Å²) in [6.45, 7) is 2.41. The van der Waals surface area contributed by atoms with E-state index in [9.17, 15) is 9.59 Å². The first-order chi connectivity index (χ1) is 12.7. The zero-order valence-electron chi connectivity index (χ0n) is 14.0. The van der Waals surface area contributed by atoms with Crippen molar-refractivity contribution in [3.05, 3.63) is 45.7 Å². The van der Waals surface area contributed by atoms with Crippen molar-refractivity contribution in [1.29, 1.82) is 0 Å². The van der Waals surface area contributed by atoms with Gasteiger partial charge in [0, 0.05) is 32.1 Å². The van der Waals surface area contributed by atoms with Gasteiger partial charge in [0.2, 0.25) is 0 Å². The Hall–Kier alpha value is -2.29. The van der Waals surface area contributed by atoms with Gasteiger partial charge in [-0.05, 0) is 18.2 Å². The second kappa shape index (κ2) is 5.87. The van der Waals surface area contributed by atoms with Crippen LogP contribution in [0.4, 0.5) is 0 Å². The summed E-state index contributed by atoms with van der Waals surface area (Å²) in [6, 6.07) is 7.08. The molecule has 2 saturated heterocycles. The molecule has 0 unspecified atom stereocenters. The van der Waals surface area contributed by atoms with Gasteiger partial charge in [0.05, 0.1) is 23.5 Å². The largest absolute Gasteiger partial charge is 0.347 e. The van der Waals surface area contributed by atoms with E-state index >= 15 is 0 Å². The van der Waals surface area contributed by atoms with Crippen LogP contribution in [0, 0.1) is 0 Å². The van der Waals surface area contributed by atoms with E-state index in [1.165, 1.54) is 15.7 Å². The fourth-order valence-electron chi connectivity index (χ4n) is 3.65. The van der Waals surface area contributed by atoms with Gasteiger partial charge in [0.1, 0.15) is 10.5 Å². The second-order valence-electron chi connectivity index (χ2n) is 6.58. The standard InChI is InChI=1S/C18H17N3O4S/c22-16-12-11-13(26-15(12)19-14-3-1-2-6-21(14)16)17(23)20-7-4-18(5-8-20)24-9-10-25-18/h1-3,6,11H,4-5,7-10H2. The molecule has 0 radical (unpaired) electrons. The lowest BCUT2D eigenvalue weighted by atomic mass is 10.0. The molecule has 1 amide bonds. The number of rotatable bonds is 1. The van der Waals surface area contributed by atoms with Crippen molar-refractivity contribution >= 4 is 33.1 Å². The van der Waals surface area contributed by atoms with Crippen LogP contribution in [0.2, 0.25) is 0 Å². The Kier molecular flexibility index (Phi) is 3.59. The number of nitrogens with zero attached hydrogens (tertiary/aromatic N) is 3. The van der Waals surface area contributed by atoms with Crippen LogP contribution < -0.4 is 5.56 Å². The second-order valence-corrected chi connectivity index (χ2v) is 7.61. The molecular formula is C18H17N3O4S. The Balaban J connectivity index is 1.45. The first kappa shape index (κ1) is 15.9. The first-order valence-corrected chi connectivity index (χ1v) is 9.45. The molecule has 26 heavy (non-hydrogen) atoms. The number of thiophene rings is 1. The van der Waals surface area contributed by atoms with Crippen LogP contribution >= 0.6 is 11.3 Å². The minimum absolute atomic E-state index is 0.0608. The van der Waals surface area contributed by atoms with E-state index in [0.29, 0.717) is 59.9 Å². The number of ether oxygens (including phenoxy) is 2. The Morgan fingerprint density at radius 1 is 1.19 bits per heavy atom. The fourth-order valence-corrected chi connectivity index (χ4v) is 4.64. The van der Waals surface area contributed by atoms with Crippen LogP contribution in [0.5, 0.6) is 0 Å². The Morgan fingerprint density at radius 2 is 1.96 bits per heavy atom. The third-order valence-corrected chi connectivity index (χ3v) is 6.07. The highest BCUT2D eigenvalue weighted by Gasteiger charge is 2.41. The topological polar surface area (TPSA) is 73.1 Å². The molecule has 0 bridgehead atoms. The number of hydrogen-bond acceptors (Lipinski definition) is 6. The molecule has 2 aliphatic rings. The molecule has 0 atom stereocenters. The lowest BCUT2D eigenvalue weighted by molar-refractivity contribution is -0.181. The molecule has 5 rings (SSSR count). The quantitative estimate of drug-likeness (QED) is 0.653. The summed E-state index contributed by atoms with van der Waals surface area (Å²) in [6.07, 6.45) is 3.04. The molecular weight excluding hydrogens is 354 g/mol. The average molecular weight is 371 g/mol. The maximum atomic E-state index is 12.9. The maximum Gasteiger partial charge on any atom is 0.266 e. The predicted molar refractivity (Wildman–Crippen MR) is 96.6 cm³/mol. The lowest BCUT2D eigenvalue weighted by Crippen LogP contribution is -2.47. The molecule has 3 aromatic rings. The highest BCUT2D eigenvalue weighted by atomic mass is 32.1. The molecule has 0 aromatic carbocycles. The number of amides is 1. The molecule has 0 aliphatic carbocycles. The lowest BCUT2D eigenvalue weighted by Gasteiger charge is -2.37. The zero-order valence-corrected chi connectivity index (χ0v) is 14.8. The highest BCUT2D eigenvalue weighted by molar-refractivity contribution is 7.20. The maximum absolute atomic E-state index is 12.9. The van der Waals surface area contributed by atoms with Crippen molar-refractivity contribution in [1.82, 2.24) is 14.3 Å². The van der Waals surface area contributed by atoms with Crippen LogP contribution in [-0.4, -0.2) is 52.3 Å². The predicted octanol–water partition coefficient (Wildman–Crippen LogP) is 1.89. The van der Waals surface area contributed by atoms with Gasteiger partial charge in [-0.3, -0.25) is 14.0 Å². The van der Waals surface area contributed by atoms with Gasteiger partial charge in [0.25, 0.3) is 11.5 Å². The van der Waals surface area contributed by atoms with E-state index in [-0.39, 0.29) is 11.5 Å². The molecule has 5 heterocycles. The number of carbonyl (C=O) groups excluding carboxylic acids is 1. The van der Waals surface area contributed by atoms with Crippen molar-refractivity contribution < 1.29 is 14.3 Å². The van der Waals surface area contributed by atoms with E-state index < -0.39 is 5.79 Å². The molecule has 3 aromatic heterocycles. The monoisotopic (exact) mass is 371 g/mol. The summed E-state index contributed by atoms with van der Waals surface area (Å²) in [7, 11) is 0. The van der Waals surface area contributed by atoms with Crippen LogP contribution in [-0.2, 0) is 9.47 Å². The number of carbonyl (C=O) groups is 1. The van der Waals surface area contributed by atoms with Crippen LogP contribution in [0.25, 0.3) is 15.9 Å². The molecule has 0 saturated carbocycles. The van der Waals surface area contributed by atoms with E-state index in [4.69, 9.17) is 9.47 Å². The molecule has 1 spiro atoms. The number of likely N-dealkylation sites (tertiary alicyclic amines) is 1. The van der Waals surface area contributed by atoms with Gasteiger partial charge in [-0.2, -0.15) is 0 Å². The smallest absolute Gasteiger partial charge is 0.266 e. The normalized spacial score (nSPS) is 19.6. The minimum Gasteiger partial charge on any atom is -0.347 e. The van der Waals surface area contributed by atoms with E-state index in [2.05, 4.69) is 4.98 Å². The van der Waals surface area contributed by atoms with Gasteiger partial charge >= 0.3 is 0 Å². The summed E-state index contributed by atoms with van der Waals surface area (Å²) >= 11 is 1.27. The molecule has 0 N–H and O–H groups in total. The Bertz CT molecular complexity index is 1060. The number of hydrogen-bond donors (Lipinski definition) is 0. The minimum atomic E-state index is -0.505. The summed E-state index contributed by atoms with van der Waals surface area (Å²) < 4.78 is 12.9. The fraction of sp³-hybridized carbons (Fsp3) is 0.389. The molecule has 8 heteroatoms. The van der Waals surface area contributed by atoms with Gasteiger partial charge in [-0.25, -0.2) is 4.98 Å². The van der Waals surface area contributed by atoms with Gasteiger partial charge in [0.15, 0.2) is 5.79 Å². The summed E-state index contributed by atoms with van der Waals surface area (Å²) in [4.78, 5) is 33.0. The Labute approximate surface area is 152 Å². The zero-order chi connectivity index (χ0) is 17.7. The summed E-state index contributed by atoms with van der Waals surface area (Å²) in [5, 5.41) is 0.484. The third kappa shape index (κ3) is 2.45. The molecule has 2 fully saturated rings. The highest BCUT2D eigenvalue weighted by Crippen LogP contribution is 2.32. The van der Waals surface area contributed by atoms with Gasteiger partial charge < -0.3 is 14.4 Å². The third-order valence-electron chi connectivity index (χ3n) is 5.05. The van der Waals surface area contributed by atoms with E-state index in [1.807, 2.05) is 6.07 Å². The number of fused-ring (bicyclic) bond motifs is 2. The Morgan fingerprint density at radius 3 is 2.73 bits per heavy atom. The van der Waals surface area contributed by atoms with Crippen LogP contribution in [0.1, 0.15) is 22.5 Å². The molecule has 134 valence electrons. The number of pyridine rings is 1. The van der Waals surface area contributed by atoms with Crippen LogP contribution in [0.3, 0.4) is 0 Å². The number of piperidine rings is 1. The first-order valence-electron chi connectivity index (χ1n) is 8.63. The van der Waals surface area contributed by atoms with Crippen molar-refractivity contribution in [2.45, 2.75) is 18.6 Å². The van der Waals surface area contributed by atoms with Gasteiger partial charge in [-0.15, -0.1) is 11.3 Å². The summed E-state index contributed by atoms with van der Waals surface area (Å²) in [5.74, 6) is -0.566. The van der Waals surface area contributed by atoms with Crippen molar-refractivity contribution in [2.24, 2.45) is 0 Å². The van der Waals surface area contributed by atoms with Crippen molar-refractivity contribution in [3.8, 4) is 0 Å². The van der Waals surface area contributed by atoms with Gasteiger partial charge in [-0.1, -0.05) is 6.07 Å². The summed E-state index contributed by atoms with van der Waals surface area (Å²) in [5.41, 5.74) is 0.438. The SMILES string of the molecule is O=C(c1cc2c(=O)n3ccccc3nc2s1)N1CCC2(CC1)OCCO2. The van der Waals surface area contributed by atoms with Crippen molar-refractivity contribution in [2.75, 3.05) is 26.3 Å². The average Bonchev–Trinajstić information content (AvgIpc) is 3.30. The van der Waals surface area contributed by atoms with Crippen molar-refractivity contribution in [3.63, 3.8) is 0 Å². The van der Waals surface area contributed by atoms with E-state index in [0.717, 1.165) is 0 Å².